The van der Waals surface area contributed by atoms with Crippen molar-refractivity contribution in [1.82, 2.24) is 20.0 Å². The van der Waals surface area contributed by atoms with E-state index in [-0.39, 0.29) is 17.7 Å². The van der Waals surface area contributed by atoms with E-state index >= 15 is 0 Å². The zero-order valence-corrected chi connectivity index (χ0v) is 17.4. The molecule has 0 atom stereocenters. The minimum absolute atomic E-state index is 0.0703. The van der Waals surface area contributed by atoms with Crippen LogP contribution in [0.25, 0.3) is 0 Å². The molecule has 4 rings (SSSR count). The molecule has 0 spiro atoms. The second-order valence-electron chi connectivity index (χ2n) is 8.77. The summed E-state index contributed by atoms with van der Waals surface area (Å²) >= 11 is 0. The van der Waals surface area contributed by atoms with Crippen LogP contribution in [0, 0.1) is 11.8 Å². The number of rotatable bonds is 7. The highest BCUT2D eigenvalue weighted by atomic mass is 16.2. The lowest BCUT2D eigenvalue weighted by Crippen LogP contribution is -2.49. The SMILES string of the molecule is O=C(NCCN1CCN(Cc2ccccc2)CC1)C1CCN(C(=O)C2CC2)CC1. The minimum Gasteiger partial charge on any atom is -0.355 e. The summed E-state index contributed by atoms with van der Waals surface area (Å²) in [5.41, 5.74) is 1.37. The summed E-state index contributed by atoms with van der Waals surface area (Å²) in [6, 6.07) is 10.6. The normalized spacial score (nSPS) is 21.9. The molecule has 1 saturated carbocycles. The zero-order valence-electron chi connectivity index (χ0n) is 17.4. The van der Waals surface area contributed by atoms with Gasteiger partial charge in [-0.1, -0.05) is 30.3 Å². The van der Waals surface area contributed by atoms with Gasteiger partial charge in [-0.2, -0.15) is 0 Å². The fourth-order valence-electron chi connectivity index (χ4n) is 4.44. The predicted octanol–water partition coefficient (Wildman–Crippen LogP) is 1.57. The van der Waals surface area contributed by atoms with E-state index < -0.39 is 0 Å². The van der Waals surface area contributed by atoms with Crippen LogP contribution in [0.4, 0.5) is 0 Å². The summed E-state index contributed by atoms with van der Waals surface area (Å²) in [6.45, 7) is 8.44. The van der Waals surface area contributed by atoms with Crippen LogP contribution < -0.4 is 5.32 Å². The average Bonchev–Trinajstić information content (AvgIpc) is 3.61. The fourth-order valence-corrected chi connectivity index (χ4v) is 4.44. The number of nitrogens with one attached hydrogen (secondary N) is 1. The lowest BCUT2D eigenvalue weighted by molar-refractivity contribution is -0.136. The molecule has 2 amide bonds. The second-order valence-corrected chi connectivity index (χ2v) is 8.77. The first kappa shape index (κ1) is 20.4. The molecule has 6 nitrogen and oxygen atoms in total. The predicted molar refractivity (Wildman–Crippen MR) is 113 cm³/mol. The van der Waals surface area contributed by atoms with Gasteiger partial charge in [-0.15, -0.1) is 0 Å². The lowest BCUT2D eigenvalue weighted by Gasteiger charge is -2.35. The van der Waals surface area contributed by atoms with Crippen LogP contribution in [0.2, 0.25) is 0 Å². The van der Waals surface area contributed by atoms with E-state index in [1.165, 1.54) is 5.56 Å². The molecule has 1 aromatic rings. The standard InChI is InChI=1S/C23H34N4O2/c28-22(20-8-11-27(12-9-20)23(29)21-6-7-21)24-10-13-25-14-16-26(17-15-25)18-19-4-2-1-3-5-19/h1-5,20-21H,6-18H2,(H,24,28). The molecule has 2 heterocycles. The number of piperidine rings is 1. The van der Waals surface area contributed by atoms with Crippen molar-refractivity contribution in [3.05, 3.63) is 35.9 Å². The fraction of sp³-hybridized carbons (Fsp3) is 0.652. The van der Waals surface area contributed by atoms with Gasteiger partial charge in [0.05, 0.1) is 0 Å². The molecule has 1 N–H and O–H groups in total. The van der Waals surface area contributed by atoms with Crippen molar-refractivity contribution in [1.29, 1.82) is 0 Å². The number of amides is 2. The summed E-state index contributed by atoms with van der Waals surface area (Å²) in [5.74, 6) is 0.844. The Labute approximate surface area is 174 Å². The Morgan fingerprint density at radius 3 is 2.14 bits per heavy atom. The molecule has 1 aliphatic carbocycles. The number of nitrogens with zero attached hydrogens (tertiary/aromatic N) is 3. The number of likely N-dealkylation sites (tertiary alicyclic amines) is 1. The topological polar surface area (TPSA) is 55.9 Å². The number of hydrogen-bond donors (Lipinski definition) is 1. The van der Waals surface area contributed by atoms with Gasteiger partial charge >= 0.3 is 0 Å². The van der Waals surface area contributed by atoms with Crippen molar-refractivity contribution in [2.45, 2.75) is 32.2 Å². The van der Waals surface area contributed by atoms with Crippen LogP contribution in [0.3, 0.4) is 0 Å². The van der Waals surface area contributed by atoms with E-state index in [1.54, 1.807) is 0 Å². The molecule has 0 bridgehead atoms. The molecule has 3 fully saturated rings. The summed E-state index contributed by atoms with van der Waals surface area (Å²) in [5, 5.41) is 3.13. The summed E-state index contributed by atoms with van der Waals surface area (Å²) in [7, 11) is 0. The third-order valence-electron chi connectivity index (χ3n) is 6.55. The van der Waals surface area contributed by atoms with Crippen molar-refractivity contribution < 1.29 is 9.59 Å². The van der Waals surface area contributed by atoms with Crippen molar-refractivity contribution in [3.63, 3.8) is 0 Å². The Morgan fingerprint density at radius 2 is 1.48 bits per heavy atom. The molecule has 6 heteroatoms. The summed E-state index contributed by atoms with van der Waals surface area (Å²) in [6.07, 6.45) is 3.73. The Morgan fingerprint density at radius 1 is 0.828 bits per heavy atom. The van der Waals surface area contributed by atoms with Crippen LogP contribution in [0.15, 0.2) is 30.3 Å². The van der Waals surface area contributed by atoms with Crippen molar-refractivity contribution in [2.24, 2.45) is 11.8 Å². The zero-order chi connectivity index (χ0) is 20.1. The monoisotopic (exact) mass is 398 g/mol. The maximum Gasteiger partial charge on any atom is 0.225 e. The van der Waals surface area contributed by atoms with Gasteiger partial charge < -0.3 is 10.2 Å². The molecular formula is C23H34N4O2. The van der Waals surface area contributed by atoms with Gasteiger partial charge in [0, 0.05) is 70.7 Å². The van der Waals surface area contributed by atoms with E-state index in [0.717, 1.165) is 84.6 Å². The maximum absolute atomic E-state index is 12.5. The van der Waals surface area contributed by atoms with E-state index in [2.05, 4.69) is 45.4 Å². The van der Waals surface area contributed by atoms with E-state index in [0.29, 0.717) is 5.91 Å². The van der Waals surface area contributed by atoms with Crippen LogP contribution >= 0.6 is 0 Å². The molecule has 0 radical (unpaired) electrons. The quantitative estimate of drug-likeness (QED) is 0.758. The van der Waals surface area contributed by atoms with Crippen molar-refractivity contribution in [2.75, 3.05) is 52.4 Å². The van der Waals surface area contributed by atoms with E-state index in [9.17, 15) is 9.59 Å². The van der Waals surface area contributed by atoms with Gasteiger partial charge in [-0.05, 0) is 31.2 Å². The lowest BCUT2D eigenvalue weighted by atomic mass is 9.95. The average molecular weight is 399 g/mol. The van der Waals surface area contributed by atoms with Gasteiger partial charge in [-0.3, -0.25) is 19.4 Å². The molecule has 158 valence electrons. The molecule has 0 unspecified atom stereocenters. The first-order valence-corrected chi connectivity index (χ1v) is 11.2. The largest absolute Gasteiger partial charge is 0.355 e. The highest BCUT2D eigenvalue weighted by Crippen LogP contribution is 2.32. The number of piperazine rings is 1. The van der Waals surface area contributed by atoms with Crippen LogP contribution in [-0.2, 0) is 16.1 Å². The molecule has 3 aliphatic rings. The number of carbonyl (C=O) groups excluding carboxylic acids is 2. The van der Waals surface area contributed by atoms with Gasteiger partial charge in [0.1, 0.15) is 0 Å². The van der Waals surface area contributed by atoms with E-state index in [1.807, 2.05) is 4.90 Å². The summed E-state index contributed by atoms with van der Waals surface area (Å²) in [4.78, 5) is 31.5. The third-order valence-corrected chi connectivity index (χ3v) is 6.55. The highest BCUT2D eigenvalue weighted by Gasteiger charge is 2.35. The summed E-state index contributed by atoms with van der Waals surface area (Å²) < 4.78 is 0. The second kappa shape index (κ2) is 9.72. The third kappa shape index (κ3) is 5.80. The molecular weight excluding hydrogens is 364 g/mol. The van der Waals surface area contributed by atoms with Crippen molar-refractivity contribution >= 4 is 11.8 Å². The van der Waals surface area contributed by atoms with Crippen LogP contribution in [-0.4, -0.2) is 78.9 Å². The first-order chi connectivity index (χ1) is 14.2. The van der Waals surface area contributed by atoms with Crippen LogP contribution in [0.1, 0.15) is 31.2 Å². The molecule has 29 heavy (non-hydrogen) atoms. The number of hydrogen-bond acceptors (Lipinski definition) is 4. The van der Waals surface area contributed by atoms with E-state index in [4.69, 9.17) is 0 Å². The maximum atomic E-state index is 12.5. The Kier molecular flexibility index (Phi) is 6.82. The Bertz CT molecular complexity index is 675. The van der Waals surface area contributed by atoms with Crippen LogP contribution in [0.5, 0.6) is 0 Å². The van der Waals surface area contributed by atoms with Gasteiger partial charge in [0.15, 0.2) is 0 Å². The molecule has 2 aliphatic heterocycles. The molecule has 0 aromatic heterocycles. The molecule has 2 saturated heterocycles. The number of carbonyl (C=O) groups is 2. The van der Waals surface area contributed by atoms with Gasteiger partial charge in [-0.25, -0.2) is 0 Å². The molecule has 1 aromatic carbocycles. The number of benzene rings is 1. The Hall–Kier alpha value is -1.92. The Balaban J connectivity index is 1.09. The van der Waals surface area contributed by atoms with Gasteiger partial charge in [0.2, 0.25) is 11.8 Å². The minimum atomic E-state index is 0.0703. The highest BCUT2D eigenvalue weighted by molar-refractivity contribution is 5.82. The van der Waals surface area contributed by atoms with Crippen molar-refractivity contribution in [3.8, 4) is 0 Å². The van der Waals surface area contributed by atoms with Gasteiger partial charge in [0.25, 0.3) is 0 Å². The first-order valence-electron chi connectivity index (χ1n) is 11.2. The smallest absolute Gasteiger partial charge is 0.225 e.